The average molecular weight is 544 g/mol. The van der Waals surface area contributed by atoms with Gasteiger partial charge < -0.3 is 0 Å². The van der Waals surface area contributed by atoms with Crippen LogP contribution in [0, 0.1) is 23.7 Å². The maximum Gasteiger partial charge on any atom is 0.367 e. The molecular weight excluding hydrogens is 510 g/mol. The van der Waals surface area contributed by atoms with Crippen molar-refractivity contribution in [2.45, 2.75) is 65.1 Å². The van der Waals surface area contributed by atoms with Crippen LogP contribution in [0.1, 0.15) is 39.0 Å². The van der Waals surface area contributed by atoms with Crippen LogP contribution < -0.4 is 0 Å². The highest BCUT2D eigenvalue weighted by atomic mass is 32.2. The van der Waals surface area contributed by atoms with Gasteiger partial charge in [0.2, 0.25) is 0 Å². The molecule has 0 heterocycles. The van der Waals surface area contributed by atoms with Crippen molar-refractivity contribution in [3.8, 4) is 0 Å². The van der Waals surface area contributed by atoms with Crippen LogP contribution in [-0.2, 0) is 25.2 Å². The summed E-state index contributed by atoms with van der Waals surface area (Å²) in [5.41, 5.74) is 0. The molecule has 4 aliphatic carbocycles. The summed E-state index contributed by atoms with van der Waals surface area (Å²) in [4.78, 5) is 4.08. The molecule has 0 amide bonds. The zero-order valence-electron chi connectivity index (χ0n) is 20.9. The Morgan fingerprint density at radius 3 is 1.35 bits per heavy atom. The van der Waals surface area contributed by atoms with Crippen LogP contribution in [0.2, 0.25) is 0 Å². The fraction of sp³-hybridized carbons (Fsp3) is 0.400. The second-order valence-corrected chi connectivity index (χ2v) is 14.3. The summed E-state index contributed by atoms with van der Waals surface area (Å²) in [5, 5.41) is -3.80. The fourth-order valence-corrected chi connectivity index (χ4v) is 9.22. The number of alkyl halides is 2. The van der Waals surface area contributed by atoms with Gasteiger partial charge in [-0.3, -0.25) is 4.18 Å². The van der Waals surface area contributed by atoms with Crippen LogP contribution in [0.25, 0.3) is 0 Å². The maximum atomic E-state index is 13.0. The van der Waals surface area contributed by atoms with Gasteiger partial charge in [0.25, 0.3) is 0 Å². The Morgan fingerprint density at radius 2 is 1.03 bits per heavy atom. The summed E-state index contributed by atoms with van der Waals surface area (Å²) in [6, 6.07) is 32.2. The monoisotopic (exact) mass is 543 g/mol. The molecule has 7 heteroatoms. The van der Waals surface area contributed by atoms with E-state index in [-0.39, 0.29) is 22.7 Å². The van der Waals surface area contributed by atoms with Crippen molar-refractivity contribution < 1.29 is 21.4 Å². The SMILES string of the molecule is CC(F)(F)S(=O)(=O)OC1C2CC3CC(C2)CC1C3.c1ccc([S+](c2ccccc2)c2ccccc2)cc1. The highest BCUT2D eigenvalue weighted by molar-refractivity contribution is 7.97. The minimum Gasteiger partial charge on any atom is -0.262 e. The Bertz CT molecular complexity index is 1140. The van der Waals surface area contributed by atoms with Gasteiger partial charge in [0.15, 0.2) is 14.7 Å². The Balaban J connectivity index is 0.000000152. The number of benzene rings is 3. The summed E-state index contributed by atoms with van der Waals surface area (Å²) in [6.45, 7) is 0.387. The second kappa shape index (κ2) is 10.9. The molecule has 0 N–H and O–H groups in total. The van der Waals surface area contributed by atoms with Crippen LogP contribution in [0.3, 0.4) is 0 Å². The molecule has 0 atom stereocenters. The molecule has 4 aliphatic rings. The lowest BCUT2D eigenvalue weighted by molar-refractivity contribution is -0.0814. The van der Waals surface area contributed by atoms with Crippen molar-refractivity contribution in [3.05, 3.63) is 91.0 Å². The smallest absolute Gasteiger partial charge is 0.262 e. The van der Waals surface area contributed by atoms with E-state index < -0.39 is 21.5 Å². The molecule has 0 radical (unpaired) electrons. The molecular formula is C30H33F2O3S2+. The largest absolute Gasteiger partial charge is 0.367 e. The van der Waals surface area contributed by atoms with Gasteiger partial charge in [0.1, 0.15) is 0 Å². The minimum absolute atomic E-state index is 0.0146. The molecule has 0 aromatic heterocycles. The Hall–Kier alpha value is -2.22. The van der Waals surface area contributed by atoms with E-state index in [1.54, 1.807) is 0 Å². The molecule has 7 rings (SSSR count). The highest BCUT2D eigenvalue weighted by Gasteiger charge is 2.52. The molecule has 37 heavy (non-hydrogen) atoms. The predicted molar refractivity (Wildman–Crippen MR) is 143 cm³/mol. The lowest BCUT2D eigenvalue weighted by Crippen LogP contribution is -2.51. The standard InChI is InChI=1S/C18H15S.C12H18F2O3S/c1-4-10-16(11-5-1)19(17-12-6-2-7-13-17)18-14-8-3-9-15-18;1-12(13,14)18(15,16)17-11-9-3-7-2-8(5-9)6-10(11)4-7/h1-15H;7-11H,2-6H2,1H3/q+1;. The average Bonchev–Trinajstić information content (AvgIpc) is 2.88. The molecule has 3 aromatic carbocycles. The summed E-state index contributed by atoms with van der Waals surface area (Å²) >= 11 is 0. The van der Waals surface area contributed by atoms with Crippen molar-refractivity contribution in [3.63, 3.8) is 0 Å². The third-order valence-electron chi connectivity index (χ3n) is 7.75. The van der Waals surface area contributed by atoms with Crippen LogP contribution in [0.15, 0.2) is 106 Å². The fourth-order valence-electron chi connectivity index (χ4n) is 6.34. The first kappa shape index (κ1) is 26.4. The van der Waals surface area contributed by atoms with Crippen molar-refractivity contribution >= 4 is 21.0 Å². The quantitative estimate of drug-likeness (QED) is 0.238. The van der Waals surface area contributed by atoms with Gasteiger partial charge in [-0.05, 0) is 92.2 Å². The third kappa shape index (κ3) is 5.94. The lowest BCUT2D eigenvalue weighted by atomic mass is 9.55. The van der Waals surface area contributed by atoms with Gasteiger partial charge in [-0.2, -0.15) is 17.2 Å². The molecule has 4 fully saturated rings. The van der Waals surface area contributed by atoms with Crippen LogP contribution in [-0.4, -0.2) is 19.8 Å². The Labute approximate surface area is 221 Å². The normalized spacial score (nSPS) is 26.5. The molecule has 0 spiro atoms. The van der Waals surface area contributed by atoms with Crippen LogP contribution >= 0.6 is 0 Å². The lowest BCUT2D eigenvalue weighted by Gasteiger charge is -2.53. The first-order valence-corrected chi connectivity index (χ1v) is 15.5. The van der Waals surface area contributed by atoms with E-state index in [4.69, 9.17) is 4.18 Å². The van der Waals surface area contributed by atoms with Gasteiger partial charge in [0, 0.05) is 6.92 Å². The molecule has 196 valence electrons. The summed E-state index contributed by atoms with van der Waals surface area (Å²) in [6.07, 6.45) is 4.51. The number of hydrogen-bond donors (Lipinski definition) is 0. The van der Waals surface area contributed by atoms with Gasteiger partial charge in [0.05, 0.1) is 17.0 Å². The minimum atomic E-state index is -4.78. The first-order chi connectivity index (χ1) is 17.7. The van der Waals surface area contributed by atoms with Crippen LogP contribution in [0.5, 0.6) is 0 Å². The number of halogens is 2. The van der Waals surface area contributed by atoms with E-state index >= 15 is 0 Å². The van der Waals surface area contributed by atoms with E-state index in [2.05, 4.69) is 91.0 Å². The van der Waals surface area contributed by atoms with Crippen LogP contribution in [0.4, 0.5) is 8.78 Å². The first-order valence-electron chi connectivity index (χ1n) is 12.9. The molecule has 4 saturated carbocycles. The maximum absolute atomic E-state index is 13.0. The molecule has 3 aromatic rings. The summed E-state index contributed by atoms with van der Waals surface area (Å²) in [5.74, 6) is 1.66. The number of hydrogen-bond acceptors (Lipinski definition) is 3. The van der Waals surface area contributed by atoms with Crippen molar-refractivity contribution in [1.29, 1.82) is 0 Å². The number of rotatable bonds is 6. The van der Waals surface area contributed by atoms with Crippen molar-refractivity contribution in [2.75, 3.05) is 0 Å². The molecule has 4 bridgehead atoms. The molecule has 0 unspecified atom stereocenters. The van der Waals surface area contributed by atoms with Gasteiger partial charge in [-0.15, -0.1) is 0 Å². The van der Waals surface area contributed by atoms with Gasteiger partial charge in [-0.1, -0.05) is 54.6 Å². The Kier molecular flexibility index (Phi) is 7.75. The van der Waals surface area contributed by atoms with Gasteiger partial charge in [-0.25, -0.2) is 0 Å². The topological polar surface area (TPSA) is 43.4 Å². The zero-order valence-corrected chi connectivity index (χ0v) is 22.5. The van der Waals surface area contributed by atoms with Crippen molar-refractivity contribution in [2.24, 2.45) is 23.7 Å². The summed E-state index contributed by atoms with van der Waals surface area (Å²) < 4.78 is 53.9. The van der Waals surface area contributed by atoms with E-state index in [0.717, 1.165) is 25.7 Å². The summed E-state index contributed by atoms with van der Waals surface area (Å²) in [7, 11) is -4.79. The third-order valence-corrected chi connectivity index (χ3v) is 11.3. The van der Waals surface area contributed by atoms with Gasteiger partial charge >= 0.3 is 15.4 Å². The zero-order chi connectivity index (χ0) is 26.0. The van der Waals surface area contributed by atoms with E-state index in [9.17, 15) is 17.2 Å². The predicted octanol–water partition coefficient (Wildman–Crippen LogP) is 7.55. The van der Waals surface area contributed by atoms with E-state index in [0.29, 0.717) is 18.8 Å². The molecule has 0 aliphatic heterocycles. The van der Waals surface area contributed by atoms with Crippen molar-refractivity contribution in [1.82, 2.24) is 0 Å². The van der Waals surface area contributed by atoms with E-state index in [1.165, 1.54) is 21.1 Å². The Morgan fingerprint density at radius 1 is 0.676 bits per heavy atom. The van der Waals surface area contributed by atoms with E-state index in [1.807, 2.05) is 0 Å². The second-order valence-electron chi connectivity index (χ2n) is 10.5. The highest BCUT2D eigenvalue weighted by Crippen LogP contribution is 2.55. The molecule has 0 saturated heterocycles. The molecule has 3 nitrogen and oxygen atoms in total.